The molecule has 31 heavy (non-hydrogen) atoms. The average Bonchev–Trinajstić information content (AvgIpc) is 3.42. The van der Waals surface area contributed by atoms with Gasteiger partial charge in [-0.25, -0.2) is 0 Å². The van der Waals surface area contributed by atoms with Crippen molar-refractivity contribution in [3.8, 4) is 5.75 Å². The number of carbonyl (C=O) groups excluding carboxylic acids is 2. The Morgan fingerprint density at radius 3 is 2.87 bits per heavy atom. The number of pyridine rings is 1. The van der Waals surface area contributed by atoms with E-state index in [2.05, 4.69) is 4.98 Å². The maximum atomic E-state index is 13.1. The van der Waals surface area contributed by atoms with Gasteiger partial charge in [0.15, 0.2) is 0 Å². The molecule has 1 N–H and O–H groups in total. The summed E-state index contributed by atoms with van der Waals surface area (Å²) in [6.45, 7) is 0.859. The summed E-state index contributed by atoms with van der Waals surface area (Å²) in [7, 11) is 0. The number of aryl methyl sites for hydroxylation is 1. The van der Waals surface area contributed by atoms with Gasteiger partial charge in [0.25, 0.3) is 11.7 Å². The average molecular weight is 433 g/mol. The summed E-state index contributed by atoms with van der Waals surface area (Å²) in [5, 5.41) is 13.1. The van der Waals surface area contributed by atoms with Crippen molar-refractivity contribution < 1.29 is 19.4 Å². The van der Waals surface area contributed by atoms with Gasteiger partial charge in [0.05, 0.1) is 24.4 Å². The number of aliphatic hydroxyl groups is 1. The highest BCUT2D eigenvalue weighted by molar-refractivity contribution is 7.10. The highest BCUT2D eigenvalue weighted by Gasteiger charge is 2.46. The number of rotatable bonds is 4. The summed E-state index contributed by atoms with van der Waals surface area (Å²) in [6, 6.07) is 13.9. The number of amides is 1. The largest absolute Gasteiger partial charge is 0.507 e. The third kappa shape index (κ3) is 3.51. The number of thiophene rings is 1. The SMILES string of the molecule is O=C1C(=O)N(Cc2ccccn2)C(c2cccs2)/C1=C(/O)c1ccc2c(c1)CCCO2. The number of aromatic nitrogens is 1. The van der Waals surface area contributed by atoms with Crippen LogP contribution in [0.5, 0.6) is 5.75 Å². The molecule has 1 unspecified atom stereocenters. The number of aliphatic hydroxyl groups excluding tert-OH is 1. The fraction of sp³-hybridized carbons (Fsp3) is 0.208. The molecule has 0 radical (unpaired) electrons. The van der Waals surface area contributed by atoms with Crippen LogP contribution in [0.15, 0.2) is 65.7 Å². The van der Waals surface area contributed by atoms with E-state index in [-0.39, 0.29) is 17.9 Å². The Balaban J connectivity index is 1.60. The van der Waals surface area contributed by atoms with Gasteiger partial charge >= 0.3 is 0 Å². The van der Waals surface area contributed by atoms with Crippen LogP contribution >= 0.6 is 11.3 Å². The molecule has 0 spiro atoms. The molecule has 0 bridgehead atoms. The van der Waals surface area contributed by atoms with Crippen LogP contribution < -0.4 is 4.74 Å². The summed E-state index contributed by atoms with van der Waals surface area (Å²) < 4.78 is 5.65. The van der Waals surface area contributed by atoms with E-state index in [0.29, 0.717) is 17.9 Å². The van der Waals surface area contributed by atoms with Gasteiger partial charge in [-0.3, -0.25) is 14.6 Å². The van der Waals surface area contributed by atoms with Gasteiger partial charge in [-0.05, 0) is 60.2 Å². The number of hydrogen-bond donors (Lipinski definition) is 1. The van der Waals surface area contributed by atoms with E-state index in [1.54, 1.807) is 18.3 Å². The zero-order valence-electron chi connectivity index (χ0n) is 16.7. The minimum atomic E-state index is -0.680. The van der Waals surface area contributed by atoms with Crippen LogP contribution in [-0.4, -0.2) is 33.3 Å². The lowest BCUT2D eigenvalue weighted by atomic mass is 9.97. The number of ether oxygens (including phenoxy) is 1. The lowest BCUT2D eigenvalue weighted by Gasteiger charge is -2.24. The molecule has 6 nitrogen and oxygen atoms in total. The topological polar surface area (TPSA) is 79.7 Å². The molecule has 3 aromatic rings. The predicted octanol–water partition coefficient (Wildman–Crippen LogP) is 4.09. The monoisotopic (exact) mass is 432 g/mol. The number of fused-ring (bicyclic) bond motifs is 1. The Kier molecular flexibility index (Phi) is 5.03. The standard InChI is InChI=1S/C24H20N2O4S/c27-22(16-8-9-18-15(13-16)5-3-11-30-18)20-21(19-7-4-12-31-19)26(24(29)23(20)28)14-17-6-1-2-10-25-17/h1-2,4,6-10,12-13,21,27H,3,5,11,14H2/b22-20-. The van der Waals surface area contributed by atoms with Gasteiger partial charge in [-0.1, -0.05) is 12.1 Å². The van der Waals surface area contributed by atoms with Crippen molar-refractivity contribution in [2.45, 2.75) is 25.4 Å². The molecule has 1 fully saturated rings. The number of ketones is 1. The maximum absolute atomic E-state index is 13.1. The quantitative estimate of drug-likeness (QED) is 0.382. The van der Waals surface area contributed by atoms with Crippen LogP contribution in [0.2, 0.25) is 0 Å². The second-order valence-electron chi connectivity index (χ2n) is 7.54. The van der Waals surface area contributed by atoms with Crippen LogP contribution in [0.3, 0.4) is 0 Å². The van der Waals surface area contributed by atoms with Crippen molar-refractivity contribution in [1.29, 1.82) is 0 Å². The van der Waals surface area contributed by atoms with Gasteiger partial charge in [0.2, 0.25) is 0 Å². The number of benzene rings is 1. The first kappa shape index (κ1) is 19.5. The molecule has 7 heteroatoms. The van der Waals surface area contributed by atoms with Crippen molar-refractivity contribution in [1.82, 2.24) is 9.88 Å². The second kappa shape index (κ2) is 8.00. The Morgan fingerprint density at radius 2 is 2.10 bits per heavy atom. The Morgan fingerprint density at radius 1 is 1.19 bits per heavy atom. The molecule has 1 amide bonds. The molecule has 1 aromatic carbocycles. The van der Waals surface area contributed by atoms with Crippen molar-refractivity contribution in [3.63, 3.8) is 0 Å². The number of Topliss-reactive ketones (excluding diaryl/α,β-unsaturated/α-hetero) is 1. The molecular weight excluding hydrogens is 412 g/mol. The first-order valence-electron chi connectivity index (χ1n) is 10.1. The first-order chi connectivity index (χ1) is 15.1. The molecule has 0 saturated carbocycles. The Labute approximate surface area is 183 Å². The minimum absolute atomic E-state index is 0.111. The van der Waals surface area contributed by atoms with Crippen molar-refractivity contribution in [3.05, 3.63) is 87.4 Å². The maximum Gasteiger partial charge on any atom is 0.296 e. The molecule has 1 atom stereocenters. The summed E-state index contributed by atoms with van der Waals surface area (Å²) >= 11 is 1.45. The second-order valence-corrected chi connectivity index (χ2v) is 8.52. The minimum Gasteiger partial charge on any atom is -0.507 e. The summed E-state index contributed by atoms with van der Waals surface area (Å²) in [6.07, 6.45) is 3.40. The highest BCUT2D eigenvalue weighted by atomic mass is 32.1. The first-order valence-corrected chi connectivity index (χ1v) is 11.0. The van der Waals surface area contributed by atoms with Crippen LogP contribution in [0.1, 0.15) is 34.2 Å². The van der Waals surface area contributed by atoms with Crippen LogP contribution in [0.25, 0.3) is 5.76 Å². The van der Waals surface area contributed by atoms with Crippen LogP contribution in [0, 0.1) is 0 Å². The van der Waals surface area contributed by atoms with Gasteiger partial charge in [-0.2, -0.15) is 0 Å². The zero-order valence-corrected chi connectivity index (χ0v) is 17.5. The fourth-order valence-electron chi connectivity index (χ4n) is 4.12. The van der Waals surface area contributed by atoms with Crippen LogP contribution in [-0.2, 0) is 22.6 Å². The number of likely N-dealkylation sites (tertiary alicyclic amines) is 1. The van der Waals surface area contributed by atoms with E-state index in [0.717, 1.165) is 29.0 Å². The molecule has 2 aliphatic heterocycles. The smallest absolute Gasteiger partial charge is 0.296 e. The number of carbonyl (C=O) groups is 2. The van der Waals surface area contributed by atoms with Crippen LogP contribution in [0.4, 0.5) is 0 Å². The normalized spacial score (nSPS) is 19.9. The predicted molar refractivity (Wildman–Crippen MR) is 117 cm³/mol. The summed E-state index contributed by atoms with van der Waals surface area (Å²) in [5.74, 6) is -0.672. The van der Waals surface area contributed by atoms with E-state index in [1.165, 1.54) is 16.2 Å². The van der Waals surface area contributed by atoms with E-state index < -0.39 is 17.7 Å². The van der Waals surface area contributed by atoms with E-state index in [9.17, 15) is 14.7 Å². The molecule has 2 aromatic heterocycles. The van der Waals surface area contributed by atoms with Gasteiger partial charge in [0.1, 0.15) is 17.6 Å². The molecule has 5 rings (SSSR count). The summed E-state index contributed by atoms with van der Waals surface area (Å²) in [5.41, 5.74) is 2.30. The number of hydrogen-bond acceptors (Lipinski definition) is 6. The van der Waals surface area contributed by atoms with E-state index in [1.807, 2.05) is 41.8 Å². The van der Waals surface area contributed by atoms with Crippen molar-refractivity contribution >= 4 is 28.8 Å². The Bertz CT molecular complexity index is 1170. The molecule has 1 saturated heterocycles. The molecule has 2 aliphatic rings. The van der Waals surface area contributed by atoms with Gasteiger partial charge in [0, 0.05) is 16.6 Å². The van der Waals surface area contributed by atoms with Crippen molar-refractivity contribution in [2.24, 2.45) is 0 Å². The lowest BCUT2D eigenvalue weighted by Crippen LogP contribution is -2.29. The Hall–Kier alpha value is -3.45. The zero-order chi connectivity index (χ0) is 21.4. The van der Waals surface area contributed by atoms with Crippen molar-refractivity contribution in [2.75, 3.05) is 6.61 Å². The molecule has 156 valence electrons. The third-order valence-corrected chi connectivity index (χ3v) is 6.52. The van der Waals surface area contributed by atoms with E-state index in [4.69, 9.17) is 4.74 Å². The summed E-state index contributed by atoms with van der Waals surface area (Å²) in [4.78, 5) is 32.7. The fourth-order valence-corrected chi connectivity index (χ4v) is 4.96. The third-order valence-electron chi connectivity index (χ3n) is 5.59. The highest BCUT2D eigenvalue weighted by Crippen LogP contribution is 2.42. The molecular formula is C24H20N2O4S. The van der Waals surface area contributed by atoms with Gasteiger partial charge < -0.3 is 14.7 Å². The molecule has 4 heterocycles. The number of nitrogens with zero attached hydrogens (tertiary/aromatic N) is 2. The van der Waals surface area contributed by atoms with Gasteiger partial charge in [-0.15, -0.1) is 11.3 Å². The molecule has 0 aliphatic carbocycles. The lowest BCUT2D eigenvalue weighted by molar-refractivity contribution is -0.140. The van der Waals surface area contributed by atoms with E-state index >= 15 is 0 Å².